The van der Waals surface area contributed by atoms with Gasteiger partial charge in [-0.1, -0.05) is 18.2 Å². The molecule has 0 aliphatic heterocycles. The maximum atomic E-state index is 11.6. The molecule has 2 N–H and O–H groups in total. The Hall–Kier alpha value is -0.220. The molecule has 0 bridgehead atoms. The molecule has 1 nitrogen and oxygen atoms in total. The van der Waals surface area contributed by atoms with Crippen molar-refractivity contribution in [2.24, 2.45) is 5.73 Å². The molecule has 0 spiro atoms. The molecule has 0 aromatic rings. The van der Waals surface area contributed by atoms with Gasteiger partial charge in [0, 0.05) is 11.5 Å². The van der Waals surface area contributed by atoms with Gasteiger partial charge in [-0.15, -0.1) is 0 Å². The molecule has 0 heterocycles. The Labute approximate surface area is 61.6 Å². The van der Waals surface area contributed by atoms with Crippen molar-refractivity contribution in [3.8, 4) is 0 Å². The van der Waals surface area contributed by atoms with Gasteiger partial charge in [0.1, 0.15) is 6.04 Å². The van der Waals surface area contributed by atoms with Crippen LogP contribution in [0.15, 0.2) is 11.6 Å². The monoisotopic (exact) mass is 173 g/mol. The smallest absolute Gasteiger partial charge is 0.320 e. The molecule has 0 aliphatic carbocycles. The molecule has 0 aromatic carbocycles. The molecule has 0 saturated carbocycles. The van der Waals surface area contributed by atoms with E-state index in [9.17, 15) is 13.2 Å². The van der Waals surface area contributed by atoms with Crippen LogP contribution in [0.5, 0.6) is 0 Å². The van der Waals surface area contributed by atoms with Gasteiger partial charge >= 0.3 is 6.18 Å². The summed E-state index contributed by atoms with van der Waals surface area (Å²) in [6.07, 6.45) is -4.80. The van der Waals surface area contributed by atoms with Gasteiger partial charge < -0.3 is 5.73 Å². The van der Waals surface area contributed by atoms with Crippen LogP contribution >= 0.6 is 11.6 Å². The molecular weight excluding hydrogens is 167 g/mol. The minimum atomic E-state index is -4.38. The average Bonchev–Trinajstić information content (AvgIpc) is 1.60. The van der Waals surface area contributed by atoms with E-state index >= 15 is 0 Å². The summed E-state index contributed by atoms with van der Waals surface area (Å²) in [4.78, 5) is 0. The zero-order valence-corrected chi connectivity index (χ0v) is 5.84. The van der Waals surface area contributed by atoms with Gasteiger partial charge in [0.05, 0.1) is 0 Å². The predicted molar refractivity (Wildman–Crippen MR) is 33.6 cm³/mol. The van der Waals surface area contributed by atoms with Crippen LogP contribution in [-0.2, 0) is 0 Å². The van der Waals surface area contributed by atoms with Crippen LogP contribution in [0.2, 0.25) is 0 Å². The van der Waals surface area contributed by atoms with E-state index in [1.165, 1.54) is 0 Å². The highest BCUT2D eigenvalue weighted by molar-refractivity contribution is 6.29. The Balaban J connectivity index is 3.85. The number of halogens is 4. The van der Waals surface area contributed by atoms with Crippen molar-refractivity contribution >= 4 is 11.6 Å². The molecule has 60 valence electrons. The van der Waals surface area contributed by atoms with Crippen molar-refractivity contribution in [3.63, 3.8) is 0 Å². The van der Waals surface area contributed by atoms with Crippen LogP contribution in [0.3, 0.4) is 0 Å². The minimum Gasteiger partial charge on any atom is -0.320 e. The molecule has 10 heavy (non-hydrogen) atoms. The van der Waals surface area contributed by atoms with Crippen molar-refractivity contribution in [2.45, 2.75) is 18.6 Å². The summed E-state index contributed by atoms with van der Waals surface area (Å²) in [6.45, 7) is 3.09. The Kier molecular flexibility index (Phi) is 3.18. The quantitative estimate of drug-likeness (QED) is 0.679. The highest BCUT2D eigenvalue weighted by Crippen LogP contribution is 2.23. The second-order valence-corrected chi connectivity index (χ2v) is 2.40. The zero-order valence-electron chi connectivity index (χ0n) is 5.08. The number of nitrogens with two attached hydrogens (primary N) is 1. The first-order valence-corrected chi connectivity index (χ1v) is 2.87. The standard InChI is InChI=1S/C5H7ClF3N/c1-3(6)2-4(10)5(7,8)9/h4H,1-2,10H2. The van der Waals surface area contributed by atoms with Gasteiger partial charge in [-0.2, -0.15) is 13.2 Å². The lowest BCUT2D eigenvalue weighted by atomic mass is 10.2. The van der Waals surface area contributed by atoms with E-state index in [1.807, 2.05) is 0 Å². The van der Waals surface area contributed by atoms with Gasteiger partial charge in [0.2, 0.25) is 0 Å². The summed E-state index contributed by atoms with van der Waals surface area (Å²) in [6, 6.07) is -1.89. The van der Waals surface area contributed by atoms with Crippen molar-refractivity contribution in [1.82, 2.24) is 0 Å². The van der Waals surface area contributed by atoms with Crippen molar-refractivity contribution in [2.75, 3.05) is 0 Å². The fourth-order valence-corrected chi connectivity index (χ4v) is 0.521. The number of hydrogen-bond acceptors (Lipinski definition) is 1. The van der Waals surface area contributed by atoms with E-state index in [2.05, 4.69) is 12.3 Å². The molecule has 0 amide bonds. The molecular formula is C5H7ClF3N. The fourth-order valence-electron chi connectivity index (χ4n) is 0.354. The highest BCUT2D eigenvalue weighted by Gasteiger charge is 2.36. The Morgan fingerprint density at radius 3 is 2.10 bits per heavy atom. The van der Waals surface area contributed by atoms with Crippen LogP contribution in [-0.4, -0.2) is 12.2 Å². The van der Waals surface area contributed by atoms with Gasteiger partial charge in [-0.3, -0.25) is 0 Å². The minimum absolute atomic E-state index is 0.0789. The maximum absolute atomic E-state index is 11.6. The number of alkyl halides is 3. The SMILES string of the molecule is C=C(Cl)CC(N)C(F)(F)F. The second kappa shape index (κ2) is 3.25. The average molecular weight is 174 g/mol. The summed E-state index contributed by atoms with van der Waals surface area (Å²) in [7, 11) is 0. The Bertz CT molecular complexity index is 131. The molecule has 5 heteroatoms. The molecule has 0 radical (unpaired) electrons. The molecule has 0 aromatic heterocycles. The van der Waals surface area contributed by atoms with E-state index in [-0.39, 0.29) is 5.03 Å². The summed E-state index contributed by atoms with van der Waals surface area (Å²) in [5.41, 5.74) is 4.68. The third kappa shape index (κ3) is 3.74. The zero-order chi connectivity index (χ0) is 8.36. The summed E-state index contributed by atoms with van der Waals surface area (Å²) in [5, 5.41) is -0.0789. The van der Waals surface area contributed by atoms with Crippen LogP contribution in [0.1, 0.15) is 6.42 Å². The molecule has 0 fully saturated rings. The van der Waals surface area contributed by atoms with E-state index in [1.54, 1.807) is 0 Å². The van der Waals surface area contributed by atoms with Gasteiger partial charge in [0.25, 0.3) is 0 Å². The number of rotatable bonds is 2. The molecule has 1 atom stereocenters. The van der Waals surface area contributed by atoms with Gasteiger partial charge in [-0.05, 0) is 0 Å². The lowest BCUT2D eigenvalue weighted by Gasteiger charge is -2.13. The van der Waals surface area contributed by atoms with E-state index < -0.39 is 18.6 Å². The first kappa shape index (κ1) is 9.78. The number of hydrogen-bond donors (Lipinski definition) is 1. The third-order valence-electron chi connectivity index (χ3n) is 0.862. The van der Waals surface area contributed by atoms with Crippen LogP contribution in [0.25, 0.3) is 0 Å². The van der Waals surface area contributed by atoms with Gasteiger partial charge in [-0.25, -0.2) is 0 Å². The van der Waals surface area contributed by atoms with Crippen molar-refractivity contribution in [1.29, 1.82) is 0 Å². The summed E-state index contributed by atoms with van der Waals surface area (Å²) < 4.78 is 34.8. The molecule has 0 aliphatic rings. The molecule has 0 rings (SSSR count). The maximum Gasteiger partial charge on any atom is 0.403 e. The van der Waals surface area contributed by atoms with Crippen molar-refractivity contribution < 1.29 is 13.2 Å². The van der Waals surface area contributed by atoms with Crippen molar-refractivity contribution in [3.05, 3.63) is 11.6 Å². The van der Waals surface area contributed by atoms with Crippen LogP contribution in [0.4, 0.5) is 13.2 Å². The molecule has 1 unspecified atom stereocenters. The Morgan fingerprint density at radius 1 is 1.60 bits per heavy atom. The second-order valence-electron chi connectivity index (χ2n) is 1.87. The van der Waals surface area contributed by atoms with Crippen LogP contribution < -0.4 is 5.73 Å². The van der Waals surface area contributed by atoms with E-state index in [0.29, 0.717) is 0 Å². The van der Waals surface area contributed by atoms with E-state index in [0.717, 1.165) is 0 Å². The lowest BCUT2D eigenvalue weighted by Crippen LogP contribution is -2.37. The van der Waals surface area contributed by atoms with E-state index in [4.69, 9.17) is 11.6 Å². The van der Waals surface area contributed by atoms with Crippen LogP contribution in [0, 0.1) is 0 Å². The van der Waals surface area contributed by atoms with Gasteiger partial charge in [0.15, 0.2) is 0 Å². The predicted octanol–water partition coefficient (Wildman–Crippen LogP) is 2.02. The molecule has 0 saturated heterocycles. The third-order valence-corrected chi connectivity index (χ3v) is 1.02. The normalized spacial score (nSPS) is 14.9. The topological polar surface area (TPSA) is 26.0 Å². The Morgan fingerprint density at radius 2 is 2.00 bits per heavy atom. The summed E-state index contributed by atoms with van der Waals surface area (Å²) >= 11 is 5.10. The first-order valence-electron chi connectivity index (χ1n) is 2.49. The lowest BCUT2D eigenvalue weighted by molar-refractivity contribution is -0.146. The highest BCUT2D eigenvalue weighted by atomic mass is 35.5. The summed E-state index contributed by atoms with van der Waals surface area (Å²) in [5.74, 6) is 0. The first-order chi connectivity index (χ1) is 4.34. The largest absolute Gasteiger partial charge is 0.403 e. The fraction of sp³-hybridized carbons (Fsp3) is 0.600.